The summed E-state index contributed by atoms with van der Waals surface area (Å²) in [7, 11) is 0. The number of ether oxygens (including phenoxy) is 1. The molecule has 1 fully saturated rings. The molecular formula is C17H27NO2. The summed E-state index contributed by atoms with van der Waals surface area (Å²) in [5, 5.41) is 13.3. The molecule has 0 radical (unpaired) electrons. The van der Waals surface area contributed by atoms with Crippen molar-refractivity contribution in [1.29, 1.82) is 0 Å². The average Bonchev–Trinajstić information content (AvgIpc) is 2.52. The van der Waals surface area contributed by atoms with Gasteiger partial charge >= 0.3 is 0 Å². The largest absolute Gasteiger partial charge is 0.494 e. The van der Waals surface area contributed by atoms with Crippen molar-refractivity contribution in [3.05, 3.63) is 29.8 Å². The Morgan fingerprint density at radius 1 is 1.30 bits per heavy atom. The fourth-order valence-corrected chi connectivity index (χ4v) is 2.85. The van der Waals surface area contributed by atoms with E-state index in [4.69, 9.17) is 4.74 Å². The third-order valence-electron chi connectivity index (χ3n) is 3.96. The van der Waals surface area contributed by atoms with Crippen LogP contribution < -0.4 is 10.1 Å². The van der Waals surface area contributed by atoms with E-state index < -0.39 is 0 Å². The molecule has 1 aromatic carbocycles. The third-order valence-corrected chi connectivity index (χ3v) is 3.96. The minimum absolute atomic E-state index is 0.0169. The fraction of sp³-hybridized carbons (Fsp3) is 0.647. The third kappa shape index (κ3) is 4.50. The molecule has 3 heteroatoms. The van der Waals surface area contributed by atoms with Gasteiger partial charge < -0.3 is 15.2 Å². The summed E-state index contributed by atoms with van der Waals surface area (Å²) in [5.74, 6) is 0.897. The van der Waals surface area contributed by atoms with E-state index in [-0.39, 0.29) is 12.6 Å². The molecular weight excluding hydrogens is 250 g/mol. The van der Waals surface area contributed by atoms with Gasteiger partial charge in [0.25, 0.3) is 0 Å². The molecule has 20 heavy (non-hydrogen) atoms. The van der Waals surface area contributed by atoms with E-state index >= 15 is 0 Å². The van der Waals surface area contributed by atoms with Gasteiger partial charge in [-0.2, -0.15) is 0 Å². The SMILES string of the molecule is CCCOc1cccc(C(CO)NC2CCCCC2)c1. The lowest BCUT2D eigenvalue weighted by Crippen LogP contribution is -2.36. The van der Waals surface area contributed by atoms with E-state index in [1.165, 1.54) is 32.1 Å². The zero-order valence-corrected chi connectivity index (χ0v) is 12.5. The Bertz CT molecular complexity index is 388. The first-order chi connectivity index (χ1) is 9.83. The van der Waals surface area contributed by atoms with Crippen molar-refractivity contribution < 1.29 is 9.84 Å². The first-order valence-electron chi connectivity index (χ1n) is 7.93. The lowest BCUT2D eigenvalue weighted by atomic mass is 9.94. The topological polar surface area (TPSA) is 41.5 Å². The van der Waals surface area contributed by atoms with Crippen LogP contribution in [0.2, 0.25) is 0 Å². The van der Waals surface area contributed by atoms with Crippen molar-refractivity contribution in [2.75, 3.05) is 13.2 Å². The highest BCUT2D eigenvalue weighted by atomic mass is 16.5. The normalized spacial score (nSPS) is 17.9. The van der Waals surface area contributed by atoms with Gasteiger partial charge in [-0.25, -0.2) is 0 Å². The molecule has 0 heterocycles. The molecule has 1 aliphatic carbocycles. The highest BCUT2D eigenvalue weighted by molar-refractivity contribution is 5.30. The Kier molecular flexibility index (Phi) is 6.34. The first-order valence-corrected chi connectivity index (χ1v) is 7.93. The monoisotopic (exact) mass is 277 g/mol. The second-order valence-corrected chi connectivity index (χ2v) is 5.66. The van der Waals surface area contributed by atoms with Gasteiger partial charge in [0, 0.05) is 6.04 Å². The van der Waals surface area contributed by atoms with Crippen LogP contribution in [0, 0.1) is 0 Å². The highest BCUT2D eigenvalue weighted by Gasteiger charge is 2.18. The van der Waals surface area contributed by atoms with Gasteiger partial charge in [0.15, 0.2) is 0 Å². The van der Waals surface area contributed by atoms with E-state index in [1.54, 1.807) is 0 Å². The van der Waals surface area contributed by atoms with Crippen LogP contribution in [-0.4, -0.2) is 24.4 Å². The van der Waals surface area contributed by atoms with Crippen LogP contribution in [-0.2, 0) is 0 Å². The first kappa shape index (κ1) is 15.3. The number of rotatable bonds is 7. The second kappa shape index (κ2) is 8.28. The standard InChI is InChI=1S/C17H27NO2/c1-2-11-20-16-10-6-7-14(12-16)17(13-19)18-15-8-4-3-5-9-15/h6-7,10,12,15,17-19H,2-5,8-9,11,13H2,1H3. The molecule has 2 N–H and O–H groups in total. The minimum Gasteiger partial charge on any atom is -0.494 e. The number of aliphatic hydroxyl groups excluding tert-OH is 1. The van der Waals surface area contributed by atoms with Gasteiger partial charge in [0.1, 0.15) is 5.75 Å². The van der Waals surface area contributed by atoms with Crippen molar-refractivity contribution >= 4 is 0 Å². The Morgan fingerprint density at radius 2 is 2.10 bits per heavy atom. The molecule has 0 bridgehead atoms. The zero-order valence-electron chi connectivity index (χ0n) is 12.5. The molecule has 0 aromatic heterocycles. The average molecular weight is 277 g/mol. The molecule has 2 rings (SSSR count). The molecule has 0 aliphatic heterocycles. The van der Waals surface area contributed by atoms with E-state index in [2.05, 4.69) is 18.3 Å². The highest BCUT2D eigenvalue weighted by Crippen LogP contribution is 2.23. The van der Waals surface area contributed by atoms with E-state index in [0.29, 0.717) is 6.04 Å². The number of nitrogens with one attached hydrogen (secondary N) is 1. The smallest absolute Gasteiger partial charge is 0.119 e. The van der Waals surface area contributed by atoms with Gasteiger partial charge in [0.05, 0.1) is 19.3 Å². The molecule has 112 valence electrons. The molecule has 0 spiro atoms. The predicted molar refractivity (Wildman–Crippen MR) is 82.1 cm³/mol. The van der Waals surface area contributed by atoms with E-state index in [1.807, 2.05) is 18.2 Å². The molecule has 1 atom stereocenters. The molecule has 1 aromatic rings. The van der Waals surface area contributed by atoms with Crippen molar-refractivity contribution in [1.82, 2.24) is 5.32 Å². The molecule has 1 unspecified atom stereocenters. The number of aliphatic hydroxyl groups is 1. The lowest BCUT2D eigenvalue weighted by molar-refractivity contribution is 0.220. The molecule has 3 nitrogen and oxygen atoms in total. The van der Waals surface area contributed by atoms with Crippen molar-refractivity contribution in [2.24, 2.45) is 0 Å². The van der Waals surface area contributed by atoms with Crippen LogP contribution in [0.5, 0.6) is 5.75 Å². The Balaban J connectivity index is 1.98. The van der Waals surface area contributed by atoms with Crippen LogP contribution in [0.25, 0.3) is 0 Å². The van der Waals surface area contributed by atoms with Crippen LogP contribution in [0.1, 0.15) is 57.1 Å². The quantitative estimate of drug-likeness (QED) is 0.802. The molecule has 1 aliphatic rings. The maximum atomic E-state index is 9.67. The van der Waals surface area contributed by atoms with Crippen molar-refractivity contribution in [2.45, 2.75) is 57.5 Å². The van der Waals surface area contributed by atoms with Crippen LogP contribution >= 0.6 is 0 Å². The lowest BCUT2D eigenvalue weighted by Gasteiger charge is -2.28. The van der Waals surface area contributed by atoms with Gasteiger partial charge in [-0.05, 0) is 37.0 Å². The molecule has 0 amide bonds. The van der Waals surface area contributed by atoms with Crippen LogP contribution in [0.15, 0.2) is 24.3 Å². The Morgan fingerprint density at radius 3 is 2.80 bits per heavy atom. The van der Waals surface area contributed by atoms with Gasteiger partial charge in [-0.15, -0.1) is 0 Å². The van der Waals surface area contributed by atoms with Gasteiger partial charge in [-0.3, -0.25) is 0 Å². The summed E-state index contributed by atoms with van der Waals surface area (Å²) < 4.78 is 5.67. The summed E-state index contributed by atoms with van der Waals surface area (Å²) in [5.41, 5.74) is 1.12. The Labute approximate surface area is 122 Å². The summed E-state index contributed by atoms with van der Waals surface area (Å²) in [6.07, 6.45) is 7.41. The fourth-order valence-electron chi connectivity index (χ4n) is 2.85. The van der Waals surface area contributed by atoms with Crippen molar-refractivity contribution in [3.8, 4) is 5.75 Å². The summed E-state index contributed by atoms with van der Waals surface area (Å²) >= 11 is 0. The zero-order chi connectivity index (χ0) is 14.2. The number of hydrogen-bond acceptors (Lipinski definition) is 3. The Hall–Kier alpha value is -1.06. The van der Waals surface area contributed by atoms with Gasteiger partial charge in [-0.1, -0.05) is 38.3 Å². The molecule has 1 saturated carbocycles. The summed E-state index contributed by atoms with van der Waals surface area (Å²) in [4.78, 5) is 0. The predicted octanol–water partition coefficient (Wildman–Crippen LogP) is 3.43. The summed E-state index contributed by atoms with van der Waals surface area (Å²) in [6.45, 7) is 2.97. The molecule has 0 saturated heterocycles. The maximum Gasteiger partial charge on any atom is 0.119 e. The summed E-state index contributed by atoms with van der Waals surface area (Å²) in [6, 6.07) is 8.66. The van der Waals surface area contributed by atoms with Crippen LogP contribution in [0.3, 0.4) is 0 Å². The second-order valence-electron chi connectivity index (χ2n) is 5.66. The number of hydrogen-bond donors (Lipinski definition) is 2. The van der Waals surface area contributed by atoms with Gasteiger partial charge in [0.2, 0.25) is 0 Å². The maximum absolute atomic E-state index is 9.67. The van der Waals surface area contributed by atoms with Crippen molar-refractivity contribution in [3.63, 3.8) is 0 Å². The van der Waals surface area contributed by atoms with E-state index in [0.717, 1.165) is 24.3 Å². The minimum atomic E-state index is 0.0169. The van der Waals surface area contributed by atoms with E-state index in [9.17, 15) is 5.11 Å². The van der Waals surface area contributed by atoms with Crippen LogP contribution in [0.4, 0.5) is 0 Å². The number of benzene rings is 1.